The lowest BCUT2D eigenvalue weighted by Crippen LogP contribution is -2.43. The van der Waals surface area contributed by atoms with Crippen LogP contribution in [0.15, 0.2) is 84.6 Å². The van der Waals surface area contributed by atoms with Gasteiger partial charge in [-0.2, -0.15) is 0 Å². The number of Topliss-reactive ketones (excluding diaryl/α,β-unsaturated/α-hetero) is 1. The number of amides is 1. The summed E-state index contributed by atoms with van der Waals surface area (Å²) >= 11 is 6.06. The molecule has 3 aromatic carbocycles. The van der Waals surface area contributed by atoms with E-state index in [4.69, 9.17) is 11.6 Å². The number of rotatable bonds is 2. The second-order valence-corrected chi connectivity index (χ2v) is 9.97. The van der Waals surface area contributed by atoms with E-state index in [-0.39, 0.29) is 22.9 Å². The molecule has 0 bridgehead atoms. The summed E-state index contributed by atoms with van der Waals surface area (Å²) in [6.45, 7) is 4.05. The summed E-state index contributed by atoms with van der Waals surface area (Å²) in [5.41, 5.74) is 2.95. The highest BCUT2D eigenvalue weighted by atomic mass is 35.5. The Kier molecular flexibility index (Phi) is 5.53. The van der Waals surface area contributed by atoms with Crippen LogP contribution in [0.2, 0.25) is 5.02 Å². The predicted octanol–water partition coefficient (Wildman–Crippen LogP) is 6.79. The SMILES string of the molecule is CC1(C)C=C2Nc3ccccc3N(C(=O)c3ccc(Cl)cc3)[C@H](c3ccc(F)cc3)[C@H]2C(=O)C1. The van der Waals surface area contributed by atoms with E-state index in [0.717, 1.165) is 11.4 Å². The van der Waals surface area contributed by atoms with Crippen LogP contribution in [-0.2, 0) is 4.79 Å². The summed E-state index contributed by atoms with van der Waals surface area (Å²) < 4.78 is 13.9. The molecule has 172 valence electrons. The zero-order valence-corrected chi connectivity index (χ0v) is 19.6. The summed E-state index contributed by atoms with van der Waals surface area (Å²) in [7, 11) is 0. The molecule has 3 aromatic rings. The lowest BCUT2D eigenvalue weighted by Gasteiger charge is -2.39. The van der Waals surface area contributed by atoms with E-state index in [1.54, 1.807) is 41.3 Å². The van der Waals surface area contributed by atoms with Crippen LogP contribution in [0.3, 0.4) is 0 Å². The van der Waals surface area contributed by atoms with Crippen LogP contribution in [0.25, 0.3) is 0 Å². The molecule has 1 heterocycles. The number of carbonyl (C=O) groups is 2. The van der Waals surface area contributed by atoms with Crippen molar-refractivity contribution < 1.29 is 14.0 Å². The number of benzene rings is 3. The van der Waals surface area contributed by atoms with Gasteiger partial charge in [-0.05, 0) is 59.5 Å². The average Bonchev–Trinajstić information content (AvgIpc) is 2.93. The Labute approximate surface area is 203 Å². The van der Waals surface area contributed by atoms with Gasteiger partial charge in [-0.25, -0.2) is 4.39 Å². The fourth-order valence-corrected chi connectivity index (χ4v) is 5.09. The van der Waals surface area contributed by atoms with E-state index in [0.29, 0.717) is 28.3 Å². The molecule has 1 N–H and O–H groups in total. The molecule has 0 spiro atoms. The molecule has 2 aliphatic rings. The van der Waals surface area contributed by atoms with Gasteiger partial charge in [-0.3, -0.25) is 14.5 Å². The Hall–Kier alpha value is -3.44. The van der Waals surface area contributed by atoms with Crippen molar-refractivity contribution in [3.63, 3.8) is 0 Å². The smallest absolute Gasteiger partial charge is 0.258 e. The van der Waals surface area contributed by atoms with Gasteiger partial charge in [0.2, 0.25) is 0 Å². The first-order valence-electron chi connectivity index (χ1n) is 11.2. The van der Waals surface area contributed by atoms with E-state index >= 15 is 0 Å². The number of halogens is 2. The first-order chi connectivity index (χ1) is 16.2. The van der Waals surface area contributed by atoms with Gasteiger partial charge in [-0.15, -0.1) is 0 Å². The zero-order chi connectivity index (χ0) is 24.0. The van der Waals surface area contributed by atoms with Gasteiger partial charge in [0.25, 0.3) is 5.91 Å². The number of anilines is 2. The second kappa shape index (κ2) is 8.41. The minimum absolute atomic E-state index is 0.0334. The molecule has 0 unspecified atom stereocenters. The van der Waals surface area contributed by atoms with Crippen molar-refractivity contribution in [2.24, 2.45) is 11.3 Å². The highest BCUT2D eigenvalue weighted by molar-refractivity contribution is 6.30. The number of allylic oxidation sites excluding steroid dienone is 1. The predicted molar refractivity (Wildman–Crippen MR) is 132 cm³/mol. The van der Waals surface area contributed by atoms with Crippen LogP contribution in [0.1, 0.15) is 42.2 Å². The van der Waals surface area contributed by atoms with Crippen molar-refractivity contribution in [3.05, 3.63) is 107 Å². The molecule has 5 rings (SSSR count). The van der Waals surface area contributed by atoms with Crippen molar-refractivity contribution in [1.82, 2.24) is 0 Å². The van der Waals surface area contributed by atoms with Crippen LogP contribution < -0.4 is 10.2 Å². The normalized spacial score (nSPS) is 21.0. The Morgan fingerprint density at radius 3 is 2.41 bits per heavy atom. The third-order valence-electron chi connectivity index (χ3n) is 6.42. The van der Waals surface area contributed by atoms with E-state index in [9.17, 15) is 14.0 Å². The largest absolute Gasteiger partial charge is 0.357 e. The molecular weight excluding hydrogens is 451 g/mol. The molecule has 0 saturated carbocycles. The zero-order valence-electron chi connectivity index (χ0n) is 18.9. The van der Waals surface area contributed by atoms with E-state index in [2.05, 4.69) is 11.4 Å². The lowest BCUT2D eigenvalue weighted by molar-refractivity contribution is -0.124. The van der Waals surface area contributed by atoms with Gasteiger partial charge in [0.1, 0.15) is 11.6 Å². The van der Waals surface area contributed by atoms with Gasteiger partial charge in [0.15, 0.2) is 0 Å². The molecule has 0 fully saturated rings. The number of hydrogen-bond acceptors (Lipinski definition) is 3. The quantitative estimate of drug-likeness (QED) is 0.444. The van der Waals surface area contributed by atoms with Gasteiger partial charge < -0.3 is 5.32 Å². The molecule has 6 heteroatoms. The van der Waals surface area contributed by atoms with Gasteiger partial charge in [0.05, 0.1) is 23.3 Å². The van der Waals surface area contributed by atoms with Crippen molar-refractivity contribution >= 4 is 34.7 Å². The summed E-state index contributed by atoms with van der Waals surface area (Å²) in [5, 5.41) is 3.98. The summed E-state index contributed by atoms with van der Waals surface area (Å²) in [5.74, 6) is -1.23. The monoisotopic (exact) mass is 474 g/mol. The number of carbonyl (C=O) groups excluding carboxylic acids is 2. The summed E-state index contributed by atoms with van der Waals surface area (Å²) in [4.78, 5) is 29.3. The summed E-state index contributed by atoms with van der Waals surface area (Å²) in [6, 6.07) is 19.6. The van der Waals surface area contributed by atoms with Crippen LogP contribution in [0, 0.1) is 17.2 Å². The molecule has 0 radical (unpaired) electrons. The molecule has 0 aromatic heterocycles. The van der Waals surface area contributed by atoms with Crippen LogP contribution in [0.5, 0.6) is 0 Å². The summed E-state index contributed by atoms with van der Waals surface area (Å²) in [6.07, 6.45) is 2.43. The number of fused-ring (bicyclic) bond motifs is 2. The molecule has 1 aliphatic carbocycles. The van der Waals surface area contributed by atoms with E-state index in [1.807, 2.05) is 38.1 Å². The first kappa shape index (κ1) is 22.4. The Balaban J connectivity index is 1.77. The third kappa shape index (κ3) is 4.01. The number of ketones is 1. The maximum atomic E-state index is 14.0. The molecular formula is C28H24ClFN2O2. The number of nitrogens with zero attached hydrogens (tertiary/aromatic N) is 1. The van der Waals surface area contributed by atoms with Crippen molar-refractivity contribution in [1.29, 1.82) is 0 Å². The fourth-order valence-electron chi connectivity index (χ4n) is 4.97. The molecule has 34 heavy (non-hydrogen) atoms. The maximum Gasteiger partial charge on any atom is 0.258 e. The number of para-hydroxylation sites is 2. The van der Waals surface area contributed by atoms with Crippen molar-refractivity contribution in [2.45, 2.75) is 26.3 Å². The van der Waals surface area contributed by atoms with E-state index < -0.39 is 12.0 Å². The van der Waals surface area contributed by atoms with Crippen molar-refractivity contribution in [3.8, 4) is 0 Å². The molecule has 0 saturated heterocycles. The number of hydrogen-bond donors (Lipinski definition) is 1. The highest BCUT2D eigenvalue weighted by Gasteiger charge is 2.46. The Bertz CT molecular complexity index is 1300. The van der Waals surface area contributed by atoms with Gasteiger partial charge in [-0.1, -0.05) is 55.8 Å². The minimum atomic E-state index is -0.658. The van der Waals surface area contributed by atoms with Crippen molar-refractivity contribution in [2.75, 3.05) is 10.2 Å². The first-order valence-corrected chi connectivity index (χ1v) is 11.6. The van der Waals surface area contributed by atoms with E-state index in [1.165, 1.54) is 12.1 Å². The fraction of sp³-hybridized carbons (Fsp3) is 0.214. The molecule has 1 amide bonds. The Morgan fingerprint density at radius 1 is 1.03 bits per heavy atom. The Morgan fingerprint density at radius 2 is 1.71 bits per heavy atom. The van der Waals surface area contributed by atoms with Crippen LogP contribution in [-0.4, -0.2) is 11.7 Å². The topological polar surface area (TPSA) is 49.4 Å². The van der Waals surface area contributed by atoms with Gasteiger partial charge >= 0.3 is 0 Å². The van der Waals surface area contributed by atoms with Gasteiger partial charge in [0, 0.05) is 22.7 Å². The standard InChI is InChI=1S/C28H24ClFN2O2/c1-28(2)15-22-25(24(33)16-28)26(17-9-13-20(30)14-10-17)32(23-6-4-3-5-21(23)31-22)27(34)18-7-11-19(29)12-8-18/h3-15,25-26,31H,16H2,1-2H3/t25-,26-/m1/s1. The molecule has 2 atom stereocenters. The minimum Gasteiger partial charge on any atom is -0.357 e. The highest BCUT2D eigenvalue weighted by Crippen LogP contribution is 2.48. The maximum absolute atomic E-state index is 14.0. The lowest BCUT2D eigenvalue weighted by atomic mass is 9.72. The average molecular weight is 475 g/mol. The van der Waals surface area contributed by atoms with Crippen LogP contribution in [0.4, 0.5) is 15.8 Å². The third-order valence-corrected chi connectivity index (χ3v) is 6.67. The molecule has 1 aliphatic heterocycles. The second-order valence-electron chi connectivity index (χ2n) is 9.53. The van der Waals surface area contributed by atoms with Crippen LogP contribution >= 0.6 is 11.6 Å². The molecule has 4 nitrogen and oxygen atoms in total. The number of nitrogens with one attached hydrogen (secondary N) is 1.